The lowest BCUT2D eigenvalue weighted by molar-refractivity contribution is 0.660. The van der Waals surface area contributed by atoms with Crippen LogP contribution in [0.2, 0.25) is 0 Å². The van der Waals surface area contributed by atoms with E-state index in [0.717, 1.165) is 17.1 Å². The molecule has 0 spiro atoms. The molecular formula is C65H49N. The number of benzene rings is 10. The van der Waals surface area contributed by atoms with Gasteiger partial charge < -0.3 is 4.90 Å². The van der Waals surface area contributed by atoms with Gasteiger partial charge in [-0.25, -0.2) is 0 Å². The van der Waals surface area contributed by atoms with E-state index >= 15 is 0 Å². The highest BCUT2D eigenvalue weighted by Crippen LogP contribution is 2.59. The fraction of sp³-hybridized carbons (Fsp3) is 0.108. The zero-order chi connectivity index (χ0) is 44.4. The van der Waals surface area contributed by atoms with E-state index < -0.39 is 5.41 Å². The van der Waals surface area contributed by atoms with E-state index in [9.17, 15) is 0 Å². The normalized spacial score (nSPS) is 15.0. The number of nitrogens with zero attached hydrogens (tertiary/aromatic N) is 1. The van der Waals surface area contributed by atoms with Crippen LogP contribution in [0.1, 0.15) is 72.2 Å². The van der Waals surface area contributed by atoms with Crippen molar-refractivity contribution in [3.05, 3.63) is 269 Å². The lowest BCUT2D eigenvalue weighted by Gasteiger charge is -2.35. The highest BCUT2D eigenvalue weighted by molar-refractivity contribution is 6.03. The maximum atomic E-state index is 2.55. The van der Waals surface area contributed by atoms with Gasteiger partial charge in [-0.05, 0) is 131 Å². The Morgan fingerprint density at radius 1 is 0.318 bits per heavy atom. The quantitative estimate of drug-likeness (QED) is 0.161. The fourth-order valence-corrected chi connectivity index (χ4v) is 12.4. The predicted molar refractivity (Wildman–Crippen MR) is 276 cm³/mol. The molecule has 0 saturated heterocycles. The van der Waals surface area contributed by atoms with Gasteiger partial charge in [0.15, 0.2) is 0 Å². The lowest BCUT2D eigenvalue weighted by Crippen LogP contribution is -2.28. The summed E-state index contributed by atoms with van der Waals surface area (Å²) in [6.07, 6.45) is 0. The number of para-hydroxylation sites is 1. The molecule has 0 heterocycles. The van der Waals surface area contributed by atoms with Crippen molar-refractivity contribution in [1.82, 2.24) is 0 Å². The summed E-state index contributed by atoms with van der Waals surface area (Å²) in [6, 6.07) is 84.6. The monoisotopic (exact) mass is 843 g/mol. The molecule has 1 heteroatoms. The van der Waals surface area contributed by atoms with Crippen molar-refractivity contribution >= 4 is 27.8 Å². The predicted octanol–water partition coefficient (Wildman–Crippen LogP) is 17.0. The van der Waals surface area contributed by atoms with Gasteiger partial charge in [0.1, 0.15) is 0 Å². The largest absolute Gasteiger partial charge is 0.310 e. The Hall–Kier alpha value is -7.74. The average molecular weight is 844 g/mol. The second-order valence-electron chi connectivity index (χ2n) is 19.6. The molecule has 0 bridgehead atoms. The highest BCUT2D eigenvalue weighted by Gasteiger charge is 2.46. The Labute approximate surface area is 388 Å². The summed E-state index contributed by atoms with van der Waals surface area (Å²) in [4.78, 5) is 2.55. The lowest BCUT2D eigenvalue weighted by atomic mass is 9.67. The van der Waals surface area contributed by atoms with Crippen molar-refractivity contribution in [3.63, 3.8) is 0 Å². The van der Waals surface area contributed by atoms with Crippen LogP contribution < -0.4 is 4.90 Å². The van der Waals surface area contributed by atoms with E-state index in [2.05, 4.69) is 257 Å². The van der Waals surface area contributed by atoms with Crippen LogP contribution in [0.5, 0.6) is 0 Å². The molecule has 0 aliphatic heterocycles. The summed E-state index contributed by atoms with van der Waals surface area (Å²) in [5.41, 5.74) is 23.5. The SMILES string of the molecule is CC1(C)c2ccccc2-c2ccc(-c3ccccc3N(c3ccc4c(c3)C(C)(C)c3ccc5ccccc5c3-4)c3ccc4c(c3)C(c3ccccc3)(c3ccccc3)c3ccccc3-4)cc21. The zero-order valence-electron chi connectivity index (χ0n) is 37.8. The van der Waals surface area contributed by atoms with Gasteiger partial charge in [0, 0.05) is 27.8 Å². The molecule has 10 aromatic carbocycles. The van der Waals surface area contributed by atoms with Gasteiger partial charge in [-0.2, -0.15) is 0 Å². The third kappa shape index (κ3) is 5.29. The molecule has 0 fully saturated rings. The molecule has 66 heavy (non-hydrogen) atoms. The van der Waals surface area contributed by atoms with E-state index in [0.29, 0.717) is 0 Å². The molecule has 1 nitrogen and oxygen atoms in total. The standard InChI is InChI=1S/C65H49N/c1-63(2)55-28-16-13-26-50(55)52-35-31-43(39-58(52)63)48-24-15-18-30-61(48)66(46-34-37-54-59(40-46)64(3,4)57-38-32-42-19-11-12-25-49(42)62(54)57)47-33-36-53-51-27-14-17-29-56(51)65(60(53)41-47,44-20-7-5-8-21-44)45-22-9-6-10-23-45/h5-41H,1-4H3. The van der Waals surface area contributed by atoms with Crippen LogP contribution >= 0.6 is 0 Å². The maximum Gasteiger partial charge on any atom is 0.0714 e. The van der Waals surface area contributed by atoms with Crippen LogP contribution in [-0.2, 0) is 16.2 Å². The van der Waals surface area contributed by atoms with Crippen molar-refractivity contribution in [2.24, 2.45) is 0 Å². The second kappa shape index (κ2) is 14.1. The topological polar surface area (TPSA) is 3.24 Å². The summed E-state index contributed by atoms with van der Waals surface area (Å²) < 4.78 is 0. The molecule has 0 atom stereocenters. The minimum atomic E-state index is -0.529. The zero-order valence-corrected chi connectivity index (χ0v) is 37.8. The van der Waals surface area contributed by atoms with Crippen molar-refractivity contribution in [1.29, 1.82) is 0 Å². The molecule has 3 aliphatic rings. The maximum absolute atomic E-state index is 2.55. The van der Waals surface area contributed by atoms with E-state index in [-0.39, 0.29) is 10.8 Å². The van der Waals surface area contributed by atoms with Crippen molar-refractivity contribution in [3.8, 4) is 44.5 Å². The molecule has 0 unspecified atom stereocenters. The molecule has 10 aromatic rings. The van der Waals surface area contributed by atoms with E-state index in [1.165, 1.54) is 99.8 Å². The second-order valence-corrected chi connectivity index (χ2v) is 19.6. The van der Waals surface area contributed by atoms with Crippen LogP contribution in [0.25, 0.3) is 55.3 Å². The smallest absolute Gasteiger partial charge is 0.0714 e. The summed E-state index contributed by atoms with van der Waals surface area (Å²) >= 11 is 0. The van der Waals surface area contributed by atoms with Crippen LogP contribution in [0.4, 0.5) is 17.1 Å². The Morgan fingerprint density at radius 2 is 0.818 bits per heavy atom. The minimum Gasteiger partial charge on any atom is -0.310 e. The Kier molecular flexibility index (Phi) is 8.28. The van der Waals surface area contributed by atoms with Crippen molar-refractivity contribution < 1.29 is 0 Å². The first-order chi connectivity index (χ1) is 32.3. The molecule has 0 saturated carbocycles. The van der Waals surface area contributed by atoms with Crippen molar-refractivity contribution in [2.45, 2.75) is 43.9 Å². The summed E-state index contributed by atoms with van der Waals surface area (Å²) in [5, 5.41) is 2.59. The Morgan fingerprint density at radius 3 is 1.55 bits per heavy atom. The molecule has 0 radical (unpaired) electrons. The molecule has 314 valence electrons. The van der Waals surface area contributed by atoms with E-state index in [4.69, 9.17) is 0 Å². The van der Waals surface area contributed by atoms with Crippen LogP contribution in [0.15, 0.2) is 224 Å². The molecular weight excluding hydrogens is 795 g/mol. The van der Waals surface area contributed by atoms with Gasteiger partial charge in [-0.1, -0.05) is 216 Å². The van der Waals surface area contributed by atoms with Gasteiger partial charge >= 0.3 is 0 Å². The number of hydrogen-bond acceptors (Lipinski definition) is 1. The molecule has 3 aliphatic carbocycles. The Bertz CT molecular complexity index is 3550. The highest BCUT2D eigenvalue weighted by atomic mass is 15.1. The van der Waals surface area contributed by atoms with E-state index in [1.807, 2.05) is 0 Å². The molecule has 0 N–H and O–H groups in total. The number of fused-ring (bicyclic) bond motifs is 11. The van der Waals surface area contributed by atoms with Gasteiger partial charge in [0.25, 0.3) is 0 Å². The van der Waals surface area contributed by atoms with Gasteiger partial charge in [-0.3, -0.25) is 0 Å². The number of anilines is 3. The van der Waals surface area contributed by atoms with Crippen LogP contribution in [-0.4, -0.2) is 0 Å². The van der Waals surface area contributed by atoms with Crippen molar-refractivity contribution in [2.75, 3.05) is 4.90 Å². The summed E-state index contributed by atoms with van der Waals surface area (Å²) in [7, 11) is 0. The first-order valence-corrected chi connectivity index (χ1v) is 23.4. The fourth-order valence-electron chi connectivity index (χ4n) is 12.4. The van der Waals surface area contributed by atoms with Crippen LogP contribution in [0.3, 0.4) is 0 Å². The first-order valence-electron chi connectivity index (χ1n) is 23.4. The first kappa shape index (κ1) is 38.7. The summed E-state index contributed by atoms with van der Waals surface area (Å²) in [5.74, 6) is 0. The van der Waals surface area contributed by atoms with Gasteiger partial charge in [0.2, 0.25) is 0 Å². The van der Waals surface area contributed by atoms with Crippen LogP contribution in [0, 0.1) is 0 Å². The molecule has 0 amide bonds. The van der Waals surface area contributed by atoms with Gasteiger partial charge in [-0.15, -0.1) is 0 Å². The van der Waals surface area contributed by atoms with E-state index in [1.54, 1.807) is 0 Å². The number of rotatable bonds is 6. The molecule has 13 rings (SSSR count). The summed E-state index contributed by atoms with van der Waals surface area (Å²) in [6.45, 7) is 9.56. The minimum absolute atomic E-state index is 0.117. The number of hydrogen-bond donors (Lipinski definition) is 0. The third-order valence-electron chi connectivity index (χ3n) is 15.5. The Balaban J connectivity index is 1.07. The molecule has 0 aromatic heterocycles. The average Bonchev–Trinajstić information content (AvgIpc) is 3.89. The third-order valence-corrected chi connectivity index (χ3v) is 15.5. The van der Waals surface area contributed by atoms with Gasteiger partial charge in [0.05, 0.1) is 11.1 Å².